The molecular weight excluding hydrogens is 290 g/mol. The second kappa shape index (κ2) is 5.66. The maximum Gasteiger partial charge on any atom is 0.230 e. The molecule has 1 aromatic heterocycles. The van der Waals surface area contributed by atoms with Crippen molar-refractivity contribution in [2.45, 2.75) is 25.5 Å². The van der Waals surface area contributed by atoms with E-state index in [1.54, 1.807) is 11.1 Å². The third kappa shape index (κ3) is 2.57. The zero-order valence-corrected chi connectivity index (χ0v) is 13.1. The van der Waals surface area contributed by atoms with Crippen LogP contribution in [-0.2, 0) is 17.8 Å². The number of carbonyl (C=O) groups is 1. The summed E-state index contributed by atoms with van der Waals surface area (Å²) in [5.41, 5.74) is 4.18. The number of pyridine rings is 1. The molecule has 0 aliphatic carbocycles. The third-order valence-corrected chi connectivity index (χ3v) is 4.55. The van der Waals surface area contributed by atoms with Gasteiger partial charge in [0.1, 0.15) is 11.9 Å². The Balaban J connectivity index is 1.78. The standard InChI is InChI=1S/C18H19N3O2/c1-21-15-8-13-11-19-7-5-12(13)9-17(15)23-16(10-18(21)22)14-4-2-3-6-20-14/h2-4,6,8-9,16,19H,5,7,10-11H2,1H3. The van der Waals surface area contributed by atoms with Gasteiger partial charge in [0.2, 0.25) is 5.91 Å². The molecule has 4 rings (SSSR count). The molecule has 0 fully saturated rings. The lowest BCUT2D eigenvalue weighted by Gasteiger charge is -2.23. The van der Waals surface area contributed by atoms with Gasteiger partial charge in [0.05, 0.1) is 17.8 Å². The van der Waals surface area contributed by atoms with Crippen molar-refractivity contribution in [3.63, 3.8) is 0 Å². The topological polar surface area (TPSA) is 54.5 Å². The molecular formula is C18H19N3O2. The SMILES string of the molecule is CN1C(=O)CC(c2ccccn2)Oc2cc3c(cc21)CNCC3. The van der Waals surface area contributed by atoms with Crippen LogP contribution in [-0.4, -0.2) is 24.5 Å². The van der Waals surface area contributed by atoms with E-state index in [0.29, 0.717) is 6.42 Å². The van der Waals surface area contributed by atoms with Gasteiger partial charge in [-0.3, -0.25) is 9.78 Å². The Labute approximate surface area is 135 Å². The summed E-state index contributed by atoms with van der Waals surface area (Å²) in [6.07, 6.45) is 2.67. The molecule has 0 bridgehead atoms. The molecule has 0 spiro atoms. The Bertz CT molecular complexity index is 745. The summed E-state index contributed by atoms with van der Waals surface area (Å²) in [6, 6.07) is 9.87. The van der Waals surface area contributed by atoms with Crippen molar-refractivity contribution in [2.75, 3.05) is 18.5 Å². The maximum absolute atomic E-state index is 12.5. The summed E-state index contributed by atoms with van der Waals surface area (Å²) in [7, 11) is 1.81. The van der Waals surface area contributed by atoms with Gasteiger partial charge in [0.25, 0.3) is 0 Å². The largest absolute Gasteiger partial charge is 0.481 e. The monoisotopic (exact) mass is 309 g/mol. The van der Waals surface area contributed by atoms with Gasteiger partial charge in [-0.25, -0.2) is 0 Å². The zero-order chi connectivity index (χ0) is 15.8. The first-order chi connectivity index (χ1) is 11.2. The van der Waals surface area contributed by atoms with Crippen LogP contribution in [0.25, 0.3) is 0 Å². The molecule has 23 heavy (non-hydrogen) atoms. The predicted molar refractivity (Wildman–Crippen MR) is 87.5 cm³/mol. The van der Waals surface area contributed by atoms with Gasteiger partial charge in [0.15, 0.2) is 0 Å². The van der Waals surface area contributed by atoms with E-state index >= 15 is 0 Å². The van der Waals surface area contributed by atoms with Crippen LogP contribution in [0.2, 0.25) is 0 Å². The lowest BCUT2D eigenvalue weighted by Crippen LogP contribution is -2.27. The van der Waals surface area contributed by atoms with Crippen molar-refractivity contribution in [2.24, 2.45) is 0 Å². The third-order valence-electron chi connectivity index (χ3n) is 4.55. The van der Waals surface area contributed by atoms with Crippen molar-refractivity contribution < 1.29 is 9.53 Å². The molecule has 2 aromatic rings. The van der Waals surface area contributed by atoms with Crippen molar-refractivity contribution in [1.29, 1.82) is 0 Å². The summed E-state index contributed by atoms with van der Waals surface area (Å²) in [6.45, 7) is 1.82. The van der Waals surface area contributed by atoms with Crippen LogP contribution in [0.15, 0.2) is 36.5 Å². The number of amides is 1. The lowest BCUT2D eigenvalue weighted by molar-refractivity contribution is -0.119. The van der Waals surface area contributed by atoms with Gasteiger partial charge in [0, 0.05) is 19.8 Å². The number of carbonyl (C=O) groups excluding carboxylic acids is 1. The number of benzene rings is 1. The van der Waals surface area contributed by atoms with Crippen LogP contribution in [0, 0.1) is 0 Å². The summed E-state index contributed by atoms with van der Waals surface area (Å²) in [4.78, 5) is 18.6. The van der Waals surface area contributed by atoms with Gasteiger partial charge in [-0.2, -0.15) is 0 Å². The van der Waals surface area contributed by atoms with E-state index < -0.39 is 0 Å². The normalized spacial score (nSPS) is 20.3. The van der Waals surface area contributed by atoms with Crippen molar-refractivity contribution in [3.05, 3.63) is 53.3 Å². The highest BCUT2D eigenvalue weighted by atomic mass is 16.5. The van der Waals surface area contributed by atoms with Crippen LogP contribution in [0.3, 0.4) is 0 Å². The summed E-state index contributed by atoms with van der Waals surface area (Å²) in [5.74, 6) is 0.817. The Hall–Kier alpha value is -2.40. The van der Waals surface area contributed by atoms with Gasteiger partial charge in [-0.1, -0.05) is 6.07 Å². The smallest absolute Gasteiger partial charge is 0.230 e. The van der Waals surface area contributed by atoms with Crippen LogP contribution >= 0.6 is 0 Å². The molecule has 1 unspecified atom stereocenters. The van der Waals surface area contributed by atoms with Gasteiger partial charge < -0.3 is 15.0 Å². The van der Waals surface area contributed by atoms with Gasteiger partial charge in [-0.15, -0.1) is 0 Å². The van der Waals surface area contributed by atoms with Crippen LogP contribution in [0.1, 0.15) is 29.3 Å². The molecule has 2 aliphatic heterocycles. The van der Waals surface area contributed by atoms with E-state index in [-0.39, 0.29) is 12.0 Å². The minimum Gasteiger partial charge on any atom is -0.481 e. The molecule has 1 aromatic carbocycles. The molecule has 0 saturated carbocycles. The number of rotatable bonds is 1. The van der Waals surface area contributed by atoms with E-state index in [1.165, 1.54) is 11.1 Å². The summed E-state index contributed by atoms with van der Waals surface area (Å²) >= 11 is 0. The molecule has 3 heterocycles. The summed E-state index contributed by atoms with van der Waals surface area (Å²) in [5, 5.41) is 3.37. The minimum absolute atomic E-state index is 0.0446. The summed E-state index contributed by atoms with van der Waals surface area (Å²) < 4.78 is 6.20. The maximum atomic E-state index is 12.5. The number of anilines is 1. The molecule has 5 heteroatoms. The van der Waals surface area contributed by atoms with Crippen molar-refractivity contribution in [1.82, 2.24) is 10.3 Å². The number of hydrogen-bond donors (Lipinski definition) is 1. The fraction of sp³-hybridized carbons (Fsp3) is 0.333. The lowest BCUT2D eigenvalue weighted by atomic mass is 9.99. The molecule has 5 nitrogen and oxygen atoms in total. The fourth-order valence-electron chi connectivity index (χ4n) is 3.21. The van der Waals surface area contributed by atoms with E-state index in [2.05, 4.69) is 22.4 Å². The minimum atomic E-state index is -0.341. The first-order valence-corrected chi connectivity index (χ1v) is 7.93. The van der Waals surface area contributed by atoms with E-state index in [0.717, 1.165) is 36.6 Å². The number of fused-ring (bicyclic) bond motifs is 2. The molecule has 0 radical (unpaired) electrons. The zero-order valence-electron chi connectivity index (χ0n) is 13.1. The number of nitrogens with one attached hydrogen (secondary N) is 1. The van der Waals surface area contributed by atoms with Gasteiger partial charge in [-0.05, 0) is 48.4 Å². The van der Waals surface area contributed by atoms with Crippen LogP contribution in [0.5, 0.6) is 5.75 Å². The first-order valence-electron chi connectivity index (χ1n) is 7.93. The first kappa shape index (κ1) is 14.2. The predicted octanol–water partition coefficient (Wildman–Crippen LogP) is 2.21. The molecule has 2 aliphatic rings. The van der Waals surface area contributed by atoms with E-state index in [1.807, 2.05) is 25.2 Å². The highest BCUT2D eigenvalue weighted by Gasteiger charge is 2.29. The Morgan fingerprint density at radius 3 is 3.04 bits per heavy atom. The second-order valence-corrected chi connectivity index (χ2v) is 6.03. The number of ether oxygens (including phenoxy) is 1. The molecule has 1 atom stereocenters. The average molecular weight is 309 g/mol. The number of aromatic nitrogens is 1. The Morgan fingerprint density at radius 1 is 1.30 bits per heavy atom. The molecule has 0 saturated heterocycles. The Kier molecular flexibility index (Phi) is 3.50. The number of hydrogen-bond acceptors (Lipinski definition) is 4. The van der Waals surface area contributed by atoms with Crippen molar-refractivity contribution in [3.8, 4) is 5.75 Å². The highest BCUT2D eigenvalue weighted by molar-refractivity contribution is 5.95. The molecule has 1 N–H and O–H groups in total. The van der Waals surface area contributed by atoms with Crippen LogP contribution < -0.4 is 15.0 Å². The Morgan fingerprint density at radius 2 is 2.22 bits per heavy atom. The van der Waals surface area contributed by atoms with E-state index in [4.69, 9.17) is 4.74 Å². The fourth-order valence-corrected chi connectivity index (χ4v) is 3.21. The number of nitrogens with zero attached hydrogens (tertiary/aromatic N) is 2. The van der Waals surface area contributed by atoms with E-state index in [9.17, 15) is 4.79 Å². The molecule has 118 valence electrons. The van der Waals surface area contributed by atoms with Gasteiger partial charge >= 0.3 is 0 Å². The quantitative estimate of drug-likeness (QED) is 0.877. The second-order valence-electron chi connectivity index (χ2n) is 6.03. The van der Waals surface area contributed by atoms with Crippen molar-refractivity contribution >= 4 is 11.6 Å². The molecule has 1 amide bonds. The van der Waals surface area contributed by atoms with Crippen LogP contribution in [0.4, 0.5) is 5.69 Å². The average Bonchev–Trinajstić information content (AvgIpc) is 2.71. The highest BCUT2D eigenvalue weighted by Crippen LogP contribution is 2.39.